The minimum absolute atomic E-state index is 0.0906. The van der Waals surface area contributed by atoms with Crippen LogP contribution >= 0.6 is 0 Å². The molecular formula is C15H19N5. The van der Waals surface area contributed by atoms with Gasteiger partial charge in [-0.3, -0.25) is 0 Å². The Hall–Kier alpha value is -2.14. The Morgan fingerprint density at radius 2 is 2.00 bits per heavy atom. The van der Waals surface area contributed by atoms with Crippen molar-refractivity contribution in [2.24, 2.45) is 5.73 Å². The summed E-state index contributed by atoms with van der Waals surface area (Å²) in [6.07, 6.45) is 3.35. The highest BCUT2D eigenvalue weighted by Gasteiger charge is 2.27. The predicted molar refractivity (Wildman–Crippen MR) is 80.9 cm³/mol. The number of nitrogens with two attached hydrogens (primary N) is 1. The number of aromatic nitrogens is 2. The molecule has 0 bridgehead atoms. The van der Waals surface area contributed by atoms with Gasteiger partial charge in [-0.25, -0.2) is 9.97 Å². The quantitative estimate of drug-likeness (QED) is 0.913. The van der Waals surface area contributed by atoms with Crippen molar-refractivity contribution in [3.63, 3.8) is 0 Å². The molecule has 3 rings (SSSR count). The summed E-state index contributed by atoms with van der Waals surface area (Å²) >= 11 is 0. The first-order chi connectivity index (χ1) is 9.81. The number of nitrogens with zero attached hydrogens (tertiary/aromatic N) is 4. The van der Waals surface area contributed by atoms with Crippen molar-refractivity contribution in [3.8, 4) is 0 Å². The Balaban J connectivity index is 2.00. The third-order valence-corrected chi connectivity index (χ3v) is 3.82. The molecule has 104 valence electrons. The molecule has 5 heteroatoms. The van der Waals surface area contributed by atoms with E-state index in [1.165, 1.54) is 11.4 Å². The zero-order chi connectivity index (χ0) is 13.9. The Kier molecular flexibility index (Phi) is 3.52. The van der Waals surface area contributed by atoms with E-state index in [0.717, 1.165) is 18.8 Å². The molecule has 0 saturated heterocycles. The van der Waals surface area contributed by atoms with Crippen molar-refractivity contribution in [2.45, 2.75) is 6.04 Å². The van der Waals surface area contributed by atoms with Gasteiger partial charge in [-0.05, 0) is 18.2 Å². The molecule has 2 heterocycles. The van der Waals surface area contributed by atoms with Crippen LogP contribution in [0.4, 0.5) is 11.4 Å². The smallest absolute Gasteiger partial charge is 0.115 e. The van der Waals surface area contributed by atoms with Crippen molar-refractivity contribution < 1.29 is 0 Å². The van der Waals surface area contributed by atoms with Gasteiger partial charge in [0, 0.05) is 32.9 Å². The second-order valence-electron chi connectivity index (χ2n) is 4.99. The topological polar surface area (TPSA) is 58.3 Å². The van der Waals surface area contributed by atoms with Gasteiger partial charge < -0.3 is 15.5 Å². The average Bonchev–Trinajstić information content (AvgIpc) is 2.52. The van der Waals surface area contributed by atoms with E-state index in [1.54, 1.807) is 12.5 Å². The molecule has 0 spiro atoms. The first-order valence-electron chi connectivity index (χ1n) is 6.84. The fourth-order valence-corrected chi connectivity index (χ4v) is 2.76. The van der Waals surface area contributed by atoms with Crippen molar-refractivity contribution >= 4 is 11.4 Å². The van der Waals surface area contributed by atoms with Gasteiger partial charge in [0.2, 0.25) is 0 Å². The zero-order valence-electron chi connectivity index (χ0n) is 11.6. The molecule has 0 amide bonds. The predicted octanol–water partition coefficient (Wildman–Crippen LogP) is 1.43. The van der Waals surface area contributed by atoms with E-state index >= 15 is 0 Å². The monoisotopic (exact) mass is 269 g/mol. The molecule has 1 unspecified atom stereocenters. The van der Waals surface area contributed by atoms with Crippen LogP contribution in [0.2, 0.25) is 0 Å². The van der Waals surface area contributed by atoms with Gasteiger partial charge in [-0.15, -0.1) is 0 Å². The van der Waals surface area contributed by atoms with Crippen molar-refractivity contribution in [1.82, 2.24) is 9.97 Å². The molecule has 1 aromatic heterocycles. The van der Waals surface area contributed by atoms with Crippen LogP contribution in [0.1, 0.15) is 11.7 Å². The fraction of sp³-hybridized carbons (Fsp3) is 0.333. The van der Waals surface area contributed by atoms with Crippen LogP contribution in [0.15, 0.2) is 42.9 Å². The van der Waals surface area contributed by atoms with Crippen molar-refractivity contribution in [3.05, 3.63) is 48.5 Å². The highest BCUT2D eigenvalue weighted by molar-refractivity contribution is 5.73. The number of hydrogen-bond acceptors (Lipinski definition) is 5. The van der Waals surface area contributed by atoms with Gasteiger partial charge in [-0.1, -0.05) is 12.1 Å². The van der Waals surface area contributed by atoms with Crippen LogP contribution in [-0.2, 0) is 0 Å². The minimum Gasteiger partial charge on any atom is -0.371 e. The first-order valence-corrected chi connectivity index (χ1v) is 6.84. The number of fused-ring (bicyclic) bond motifs is 1. The lowest BCUT2D eigenvalue weighted by Crippen LogP contribution is -2.43. The maximum absolute atomic E-state index is 6.01. The van der Waals surface area contributed by atoms with Crippen LogP contribution < -0.4 is 15.5 Å². The molecule has 2 aromatic rings. The van der Waals surface area contributed by atoms with E-state index in [9.17, 15) is 0 Å². The third-order valence-electron chi connectivity index (χ3n) is 3.82. The van der Waals surface area contributed by atoms with E-state index < -0.39 is 0 Å². The molecule has 0 radical (unpaired) electrons. The molecule has 0 saturated carbocycles. The van der Waals surface area contributed by atoms with Crippen molar-refractivity contribution in [2.75, 3.05) is 36.5 Å². The summed E-state index contributed by atoms with van der Waals surface area (Å²) in [4.78, 5) is 13.0. The van der Waals surface area contributed by atoms with Crippen LogP contribution in [0, 0.1) is 0 Å². The second-order valence-corrected chi connectivity index (χ2v) is 4.99. The summed E-state index contributed by atoms with van der Waals surface area (Å²) in [7, 11) is 2.12. The fourth-order valence-electron chi connectivity index (χ4n) is 2.76. The standard InChI is InChI=1S/C15H19N5/c1-19-8-9-20(14-5-3-2-4-13(14)19)15(10-16)12-6-7-17-11-18-12/h2-7,11,15H,8-10,16H2,1H3. The number of rotatable bonds is 3. The Morgan fingerprint density at radius 1 is 1.20 bits per heavy atom. The molecule has 0 fully saturated rings. The third kappa shape index (κ3) is 2.20. The largest absolute Gasteiger partial charge is 0.371 e. The number of hydrogen-bond donors (Lipinski definition) is 1. The first kappa shape index (κ1) is 12.9. The highest BCUT2D eigenvalue weighted by atomic mass is 15.3. The highest BCUT2D eigenvalue weighted by Crippen LogP contribution is 2.36. The lowest BCUT2D eigenvalue weighted by Gasteiger charge is -2.41. The maximum atomic E-state index is 6.01. The van der Waals surface area contributed by atoms with Crippen LogP contribution in [0.5, 0.6) is 0 Å². The molecule has 20 heavy (non-hydrogen) atoms. The summed E-state index contributed by atoms with van der Waals surface area (Å²) in [6, 6.07) is 10.5. The average molecular weight is 269 g/mol. The van der Waals surface area contributed by atoms with Crippen LogP contribution in [0.3, 0.4) is 0 Å². The number of anilines is 2. The Morgan fingerprint density at radius 3 is 2.70 bits per heavy atom. The van der Waals surface area contributed by atoms with Crippen molar-refractivity contribution in [1.29, 1.82) is 0 Å². The molecule has 1 atom stereocenters. The maximum Gasteiger partial charge on any atom is 0.115 e. The zero-order valence-corrected chi connectivity index (χ0v) is 11.6. The Bertz CT molecular complexity index is 571. The lowest BCUT2D eigenvalue weighted by atomic mass is 10.1. The SMILES string of the molecule is CN1CCN(C(CN)c2ccncn2)c2ccccc21. The van der Waals surface area contributed by atoms with Gasteiger partial charge in [-0.2, -0.15) is 0 Å². The summed E-state index contributed by atoms with van der Waals surface area (Å²) in [5, 5.41) is 0. The van der Waals surface area contributed by atoms with Gasteiger partial charge in [0.25, 0.3) is 0 Å². The number of likely N-dealkylation sites (N-methyl/N-ethyl adjacent to an activating group) is 1. The van der Waals surface area contributed by atoms with Gasteiger partial charge in [0.05, 0.1) is 23.1 Å². The number of para-hydroxylation sites is 2. The second kappa shape index (κ2) is 5.46. The summed E-state index contributed by atoms with van der Waals surface area (Å²) in [5.74, 6) is 0. The van der Waals surface area contributed by atoms with Crippen LogP contribution in [-0.4, -0.2) is 36.6 Å². The van der Waals surface area contributed by atoms with E-state index in [-0.39, 0.29) is 6.04 Å². The molecule has 1 aliphatic heterocycles. The van der Waals surface area contributed by atoms with Gasteiger partial charge >= 0.3 is 0 Å². The minimum atomic E-state index is 0.0906. The van der Waals surface area contributed by atoms with E-state index in [0.29, 0.717) is 6.54 Å². The summed E-state index contributed by atoms with van der Waals surface area (Å²) in [5.41, 5.74) is 9.45. The molecule has 2 N–H and O–H groups in total. The van der Waals surface area contributed by atoms with Gasteiger partial charge in [0.1, 0.15) is 6.33 Å². The lowest BCUT2D eigenvalue weighted by molar-refractivity contribution is 0.596. The van der Waals surface area contributed by atoms with Crippen LogP contribution in [0.25, 0.3) is 0 Å². The number of benzene rings is 1. The van der Waals surface area contributed by atoms with E-state index in [4.69, 9.17) is 5.73 Å². The molecule has 1 aliphatic rings. The summed E-state index contributed by atoms with van der Waals surface area (Å²) < 4.78 is 0. The van der Waals surface area contributed by atoms with E-state index in [1.807, 2.05) is 6.07 Å². The summed E-state index contributed by atoms with van der Waals surface area (Å²) in [6.45, 7) is 2.47. The molecule has 5 nitrogen and oxygen atoms in total. The van der Waals surface area contributed by atoms with E-state index in [2.05, 4.69) is 51.1 Å². The molecule has 0 aliphatic carbocycles. The Labute approximate surface area is 119 Å². The molecule has 1 aromatic carbocycles. The molecular weight excluding hydrogens is 250 g/mol. The van der Waals surface area contributed by atoms with Gasteiger partial charge in [0.15, 0.2) is 0 Å². The normalized spacial score (nSPS) is 15.9.